The van der Waals surface area contributed by atoms with Crippen molar-refractivity contribution in [1.29, 1.82) is 0 Å². The lowest BCUT2D eigenvalue weighted by Crippen LogP contribution is -2.00. The van der Waals surface area contributed by atoms with E-state index >= 15 is 0 Å². The first kappa shape index (κ1) is 56.1. The van der Waals surface area contributed by atoms with Gasteiger partial charge in [-0.3, -0.25) is 0 Å². The number of benzene rings is 9. The lowest BCUT2D eigenvalue weighted by Gasteiger charge is -2.18. The molecule has 4 heteroatoms. The van der Waals surface area contributed by atoms with Crippen LogP contribution in [0.4, 0.5) is 22.7 Å². The monoisotopic (exact) mass is 1080 g/mol. The summed E-state index contributed by atoms with van der Waals surface area (Å²) >= 11 is 0. The summed E-state index contributed by atoms with van der Waals surface area (Å²) in [6, 6.07) is 73.4. The third kappa shape index (κ3) is 12.9. The molecule has 0 atom stereocenters. The van der Waals surface area contributed by atoms with E-state index in [2.05, 4.69) is 242 Å². The molecule has 9 aromatic carbocycles. The Morgan fingerprint density at radius 3 is 0.878 bits per heavy atom. The van der Waals surface area contributed by atoms with Gasteiger partial charge in [-0.05, 0) is 194 Å². The third-order valence-electron chi connectivity index (χ3n) is 17.2. The maximum absolute atomic E-state index is 3.87. The van der Waals surface area contributed by atoms with Crippen molar-refractivity contribution < 1.29 is 0 Å². The van der Waals surface area contributed by atoms with Crippen molar-refractivity contribution in [3.63, 3.8) is 0 Å². The first-order valence-electron chi connectivity index (χ1n) is 31.7. The van der Waals surface area contributed by atoms with Gasteiger partial charge in [-0.2, -0.15) is 0 Å². The number of aryl methyl sites for hydroxylation is 4. The van der Waals surface area contributed by atoms with Crippen molar-refractivity contribution in [2.45, 2.75) is 156 Å². The molecule has 4 nitrogen and oxygen atoms in total. The Morgan fingerprint density at radius 2 is 0.585 bits per heavy atom. The van der Waals surface area contributed by atoms with E-state index in [9.17, 15) is 0 Å². The first-order valence-corrected chi connectivity index (χ1v) is 31.7. The molecule has 2 aromatic heterocycles. The molecule has 0 spiro atoms. The van der Waals surface area contributed by atoms with E-state index in [-0.39, 0.29) is 0 Å². The van der Waals surface area contributed by atoms with E-state index in [0.29, 0.717) is 0 Å². The summed E-state index contributed by atoms with van der Waals surface area (Å²) in [5, 5.41) is 13.2. The van der Waals surface area contributed by atoms with Crippen LogP contribution in [0.2, 0.25) is 0 Å². The number of aromatic nitrogens is 2. The van der Waals surface area contributed by atoms with E-state index in [1.165, 1.54) is 191 Å². The molecule has 0 fully saturated rings. The number of anilines is 4. The Kier molecular flexibility index (Phi) is 18.7. The fraction of sp³-hybridized carbons (Fsp3) is 0.308. The number of fused-ring (bicyclic) bond motifs is 6. The molecule has 0 saturated heterocycles. The number of hydrogen-bond acceptors (Lipinski definition) is 2. The van der Waals surface area contributed by atoms with E-state index in [0.717, 1.165) is 59.6 Å². The van der Waals surface area contributed by atoms with Crippen molar-refractivity contribution in [3.05, 3.63) is 216 Å². The Bertz CT molecular complexity index is 3470. The van der Waals surface area contributed by atoms with Crippen LogP contribution in [0.3, 0.4) is 0 Å². The highest BCUT2D eigenvalue weighted by molar-refractivity contribution is 6.11. The van der Waals surface area contributed by atoms with E-state index in [4.69, 9.17) is 0 Å². The largest absolute Gasteiger partial charge is 0.355 e. The third-order valence-corrected chi connectivity index (χ3v) is 17.2. The van der Waals surface area contributed by atoms with Crippen LogP contribution in [0.15, 0.2) is 194 Å². The predicted molar refractivity (Wildman–Crippen MR) is 357 cm³/mol. The zero-order valence-electron chi connectivity index (χ0n) is 49.5. The molecule has 0 aliphatic carbocycles. The van der Waals surface area contributed by atoms with E-state index < -0.39 is 0 Å². The van der Waals surface area contributed by atoms with Crippen LogP contribution in [0.5, 0.6) is 0 Å². The molecule has 418 valence electrons. The number of unbranched alkanes of at least 4 members (excludes halogenated alkanes) is 12. The molecule has 0 amide bonds. The van der Waals surface area contributed by atoms with Gasteiger partial charge in [0.05, 0.1) is 22.1 Å². The summed E-state index contributed by atoms with van der Waals surface area (Å²) in [5.74, 6) is 0. The minimum Gasteiger partial charge on any atom is -0.355 e. The van der Waals surface area contributed by atoms with Crippen molar-refractivity contribution in [1.82, 2.24) is 9.13 Å². The smallest absolute Gasteiger partial charge is 0.0541 e. The molecule has 0 saturated carbocycles. The zero-order chi connectivity index (χ0) is 56.0. The summed E-state index contributed by atoms with van der Waals surface area (Å²) in [6.07, 6.45) is 24.9. The van der Waals surface area contributed by atoms with Crippen LogP contribution in [-0.2, 0) is 25.7 Å². The molecule has 0 aliphatic rings. The van der Waals surface area contributed by atoms with Gasteiger partial charge in [-0.15, -0.1) is 0 Å². The molecular weight excluding hydrogens is 993 g/mol. The number of nitrogens with one attached hydrogen (secondary N) is 2. The fourth-order valence-electron chi connectivity index (χ4n) is 12.7. The summed E-state index contributed by atoms with van der Waals surface area (Å²) in [6.45, 7) is 9.18. The summed E-state index contributed by atoms with van der Waals surface area (Å²) in [4.78, 5) is 0. The van der Waals surface area contributed by atoms with Gasteiger partial charge in [0.25, 0.3) is 0 Å². The standard InChI is InChI=1S/C78H86N4/c1-5-9-13-19-27-57-35-47-75-69(51-57)70-52-58(28-20-14-10-6-2)36-48-76(70)81(75)65-43-45-73(67(55-65)61-31-23-17-24-32-61)79-63-39-41-64(42-40-63)80-74-46-44-66(56-68(74)62-33-25-18-26-34-62)82-77-49-37-59(29-21-15-11-7-3)53-71(77)72-54-60(38-50-78(72)82)30-22-16-12-8-4/h17-18,23-26,31-56,79-80H,5-16,19-22,27-30H2,1-4H3. The fourth-order valence-corrected chi connectivity index (χ4v) is 12.7. The van der Waals surface area contributed by atoms with Crippen molar-refractivity contribution >= 4 is 66.4 Å². The second-order valence-corrected chi connectivity index (χ2v) is 23.3. The van der Waals surface area contributed by atoms with Crippen LogP contribution in [0.25, 0.3) is 77.2 Å². The normalized spacial score (nSPS) is 11.7. The van der Waals surface area contributed by atoms with Gasteiger partial charge in [0.15, 0.2) is 0 Å². The average Bonchev–Trinajstić information content (AvgIpc) is 3.33. The van der Waals surface area contributed by atoms with E-state index in [1.807, 2.05) is 0 Å². The van der Waals surface area contributed by atoms with Crippen LogP contribution in [0, 0.1) is 0 Å². The number of rotatable bonds is 28. The van der Waals surface area contributed by atoms with Crippen LogP contribution in [0.1, 0.15) is 153 Å². The first-order chi connectivity index (χ1) is 40.5. The molecule has 11 aromatic rings. The molecule has 2 heterocycles. The average molecular weight is 1080 g/mol. The highest BCUT2D eigenvalue weighted by Gasteiger charge is 2.19. The van der Waals surface area contributed by atoms with Gasteiger partial charge in [0, 0.05) is 66.8 Å². The minimum atomic E-state index is 1.03. The minimum absolute atomic E-state index is 1.03. The Labute approximate surface area is 489 Å². The zero-order valence-corrected chi connectivity index (χ0v) is 49.5. The van der Waals surface area contributed by atoms with Gasteiger partial charge in [0.1, 0.15) is 0 Å². The van der Waals surface area contributed by atoms with Crippen molar-refractivity contribution in [2.24, 2.45) is 0 Å². The number of nitrogens with zero attached hydrogens (tertiary/aromatic N) is 2. The van der Waals surface area contributed by atoms with E-state index in [1.54, 1.807) is 0 Å². The molecule has 2 N–H and O–H groups in total. The Morgan fingerprint density at radius 1 is 0.280 bits per heavy atom. The van der Waals surface area contributed by atoms with Crippen molar-refractivity contribution in [3.8, 4) is 33.6 Å². The quantitative estimate of drug-likeness (QED) is 0.0479. The summed E-state index contributed by atoms with van der Waals surface area (Å²) in [7, 11) is 0. The molecule has 11 rings (SSSR count). The van der Waals surface area contributed by atoms with Crippen molar-refractivity contribution in [2.75, 3.05) is 10.6 Å². The lowest BCUT2D eigenvalue weighted by molar-refractivity contribution is 0.667. The highest BCUT2D eigenvalue weighted by Crippen LogP contribution is 2.41. The Balaban J connectivity index is 0.898. The highest BCUT2D eigenvalue weighted by atomic mass is 15.0. The van der Waals surface area contributed by atoms with Gasteiger partial charge < -0.3 is 19.8 Å². The molecule has 0 radical (unpaired) electrons. The number of hydrogen-bond donors (Lipinski definition) is 2. The van der Waals surface area contributed by atoms with Crippen LogP contribution in [-0.4, -0.2) is 9.13 Å². The predicted octanol–water partition coefficient (Wildman–Crippen LogP) is 23.2. The SMILES string of the molecule is CCCCCCc1ccc2c(c1)c1cc(CCCCCC)ccc1n2-c1ccc(Nc2ccc(Nc3ccc(-n4c5ccc(CCCCCC)cc5c5cc(CCCCCC)ccc54)cc3-c3ccccc3)cc2)c(-c2ccccc2)c1. The lowest BCUT2D eigenvalue weighted by atomic mass is 10.0. The van der Waals surface area contributed by atoms with Gasteiger partial charge in [-0.1, -0.05) is 190 Å². The van der Waals surface area contributed by atoms with Gasteiger partial charge in [-0.25, -0.2) is 0 Å². The van der Waals surface area contributed by atoms with Crippen LogP contribution >= 0.6 is 0 Å². The summed E-state index contributed by atoms with van der Waals surface area (Å²) in [5.41, 5.74) is 22.0. The topological polar surface area (TPSA) is 33.9 Å². The van der Waals surface area contributed by atoms with Gasteiger partial charge in [0.2, 0.25) is 0 Å². The van der Waals surface area contributed by atoms with Gasteiger partial charge >= 0.3 is 0 Å². The maximum Gasteiger partial charge on any atom is 0.0541 e. The molecule has 0 unspecified atom stereocenters. The second-order valence-electron chi connectivity index (χ2n) is 23.3. The molecular formula is C78H86N4. The molecule has 0 bridgehead atoms. The maximum atomic E-state index is 3.87. The van der Waals surface area contributed by atoms with Crippen LogP contribution < -0.4 is 10.6 Å². The second kappa shape index (κ2) is 27.3. The molecule has 0 aliphatic heterocycles. The molecule has 82 heavy (non-hydrogen) atoms. The Hall–Kier alpha value is -7.82. The summed E-state index contributed by atoms with van der Waals surface area (Å²) < 4.78 is 5.00.